The van der Waals surface area contributed by atoms with Crippen molar-refractivity contribution in [3.05, 3.63) is 18.1 Å². The average Bonchev–Trinajstić information content (AvgIpc) is 2.17. The lowest BCUT2D eigenvalue weighted by Crippen LogP contribution is -2.19. The Bertz CT molecular complexity index is 359. The molecule has 4 nitrogen and oxygen atoms in total. The molecule has 0 unspecified atom stereocenters. The monoisotopic (exact) mass is 209 g/mol. The van der Waals surface area contributed by atoms with Crippen molar-refractivity contribution in [2.45, 2.75) is 23.6 Å². The number of hydrogen-bond donors (Lipinski definition) is 1. The van der Waals surface area contributed by atoms with Crippen molar-refractivity contribution in [1.82, 2.24) is 9.97 Å². The Kier molecular flexibility index (Phi) is 3.44. The smallest absolute Gasteiger partial charge is 0.144 e. The fourth-order valence-electron chi connectivity index (χ4n) is 0.772. The van der Waals surface area contributed by atoms with Gasteiger partial charge in [-0.3, -0.25) is 0 Å². The number of aliphatic hydroxyl groups excluding tert-OH is 1. The third-order valence-corrected chi connectivity index (χ3v) is 2.63. The Labute approximate surface area is 87.0 Å². The van der Waals surface area contributed by atoms with E-state index in [-0.39, 0.29) is 11.4 Å². The first kappa shape index (κ1) is 11.0. The van der Waals surface area contributed by atoms with Gasteiger partial charge in [0, 0.05) is 10.8 Å². The zero-order valence-electron chi connectivity index (χ0n) is 8.06. The quantitative estimate of drug-likeness (QED) is 0.598. The van der Waals surface area contributed by atoms with Gasteiger partial charge in [0.25, 0.3) is 0 Å². The second-order valence-electron chi connectivity index (χ2n) is 3.37. The molecule has 0 aromatic carbocycles. The summed E-state index contributed by atoms with van der Waals surface area (Å²) in [4.78, 5) is 7.78. The third-order valence-electron chi connectivity index (χ3n) is 1.52. The van der Waals surface area contributed by atoms with Crippen LogP contribution in [-0.4, -0.2) is 26.4 Å². The molecule has 1 aromatic heterocycles. The molecule has 0 saturated carbocycles. The highest BCUT2D eigenvalue weighted by Gasteiger charge is 2.18. The minimum atomic E-state index is -0.291. The molecule has 0 radical (unpaired) electrons. The number of rotatable bonds is 3. The van der Waals surface area contributed by atoms with Gasteiger partial charge in [0.15, 0.2) is 0 Å². The molecular formula is C9H11N3OS. The van der Waals surface area contributed by atoms with Crippen molar-refractivity contribution >= 4 is 11.8 Å². The zero-order valence-corrected chi connectivity index (χ0v) is 8.88. The normalized spacial score (nSPS) is 11.0. The van der Waals surface area contributed by atoms with Gasteiger partial charge in [-0.05, 0) is 13.8 Å². The van der Waals surface area contributed by atoms with Crippen molar-refractivity contribution < 1.29 is 5.11 Å². The maximum absolute atomic E-state index is 9.05. The van der Waals surface area contributed by atoms with Crippen LogP contribution < -0.4 is 0 Å². The summed E-state index contributed by atoms with van der Waals surface area (Å²) < 4.78 is -0.291. The van der Waals surface area contributed by atoms with Crippen molar-refractivity contribution in [3.63, 3.8) is 0 Å². The van der Waals surface area contributed by atoms with E-state index in [9.17, 15) is 0 Å². The van der Waals surface area contributed by atoms with E-state index in [0.29, 0.717) is 10.7 Å². The molecule has 74 valence electrons. The average molecular weight is 209 g/mol. The number of nitrogens with zero attached hydrogens (tertiary/aromatic N) is 3. The van der Waals surface area contributed by atoms with Crippen molar-refractivity contribution in [3.8, 4) is 6.07 Å². The summed E-state index contributed by atoms with van der Waals surface area (Å²) in [5.74, 6) is 0. The van der Waals surface area contributed by atoms with Crippen LogP contribution in [0, 0.1) is 11.3 Å². The fraction of sp³-hybridized carbons (Fsp3) is 0.444. The van der Waals surface area contributed by atoms with E-state index in [4.69, 9.17) is 10.4 Å². The van der Waals surface area contributed by atoms with Gasteiger partial charge in [-0.1, -0.05) is 11.8 Å². The van der Waals surface area contributed by atoms with Crippen molar-refractivity contribution in [2.75, 3.05) is 6.61 Å². The fourth-order valence-corrected chi connectivity index (χ4v) is 1.67. The first-order valence-electron chi connectivity index (χ1n) is 4.09. The van der Waals surface area contributed by atoms with E-state index in [1.54, 1.807) is 6.07 Å². The predicted octanol–water partition coefficient (Wildman–Crippen LogP) is 1.21. The third kappa shape index (κ3) is 2.98. The molecule has 0 fully saturated rings. The van der Waals surface area contributed by atoms with Crippen LogP contribution in [0.25, 0.3) is 0 Å². The van der Waals surface area contributed by atoms with E-state index >= 15 is 0 Å². The van der Waals surface area contributed by atoms with Crippen LogP contribution in [-0.2, 0) is 0 Å². The highest BCUT2D eigenvalue weighted by molar-refractivity contribution is 8.00. The standard InChI is InChI=1S/C9H11N3OS/c1-9(2,5-13)14-8-3-7(4-10)11-6-12-8/h3,6,13H,5H2,1-2H3. The van der Waals surface area contributed by atoms with Gasteiger partial charge in [0.2, 0.25) is 0 Å². The number of aromatic nitrogens is 2. The Hall–Kier alpha value is -1.12. The Morgan fingerprint density at radius 2 is 2.29 bits per heavy atom. The Balaban J connectivity index is 2.83. The maximum Gasteiger partial charge on any atom is 0.144 e. The largest absolute Gasteiger partial charge is 0.395 e. The molecule has 0 spiro atoms. The molecule has 1 N–H and O–H groups in total. The van der Waals surface area contributed by atoms with E-state index < -0.39 is 0 Å². The van der Waals surface area contributed by atoms with Crippen LogP contribution in [0.2, 0.25) is 0 Å². The molecule has 0 aliphatic carbocycles. The van der Waals surface area contributed by atoms with Gasteiger partial charge >= 0.3 is 0 Å². The minimum Gasteiger partial charge on any atom is -0.395 e. The zero-order chi connectivity index (χ0) is 10.6. The molecule has 1 heterocycles. The molecule has 0 amide bonds. The molecule has 0 saturated heterocycles. The summed E-state index contributed by atoms with van der Waals surface area (Å²) in [6.45, 7) is 3.88. The molecule has 0 aliphatic rings. The molecule has 14 heavy (non-hydrogen) atoms. The van der Waals surface area contributed by atoms with Gasteiger partial charge in [-0.15, -0.1) is 0 Å². The van der Waals surface area contributed by atoms with Crippen LogP contribution in [0.5, 0.6) is 0 Å². The molecule has 0 atom stereocenters. The summed E-state index contributed by atoms with van der Waals surface area (Å²) in [6, 6.07) is 3.56. The molecule has 1 aromatic rings. The van der Waals surface area contributed by atoms with E-state index in [2.05, 4.69) is 9.97 Å². The summed E-state index contributed by atoms with van der Waals surface area (Å²) in [7, 11) is 0. The lowest BCUT2D eigenvalue weighted by Gasteiger charge is -2.19. The number of nitriles is 1. The second kappa shape index (κ2) is 4.40. The van der Waals surface area contributed by atoms with Gasteiger partial charge < -0.3 is 5.11 Å². The summed E-state index contributed by atoms with van der Waals surface area (Å²) in [5.41, 5.74) is 0.344. The molecular weight excluding hydrogens is 198 g/mol. The molecule has 5 heteroatoms. The van der Waals surface area contributed by atoms with E-state index in [0.717, 1.165) is 0 Å². The van der Waals surface area contributed by atoms with E-state index in [1.807, 2.05) is 19.9 Å². The predicted molar refractivity (Wildman–Crippen MR) is 53.8 cm³/mol. The van der Waals surface area contributed by atoms with Gasteiger partial charge in [-0.25, -0.2) is 9.97 Å². The van der Waals surface area contributed by atoms with Crippen LogP contribution in [0.3, 0.4) is 0 Å². The SMILES string of the molecule is CC(C)(CO)Sc1cc(C#N)ncn1. The van der Waals surface area contributed by atoms with Crippen LogP contribution >= 0.6 is 11.8 Å². The lowest BCUT2D eigenvalue weighted by molar-refractivity contribution is 0.265. The first-order valence-corrected chi connectivity index (χ1v) is 4.91. The van der Waals surface area contributed by atoms with Gasteiger partial charge in [0.1, 0.15) is 23.1 Å². The van der Waals surface area contributed by atoms with E-state index in [1.165, 1.54) is 18.1 Å². The topological polar surface area (TPSA) is 69.8 Å². The molecule has 1 rings (SSSR count). The highest BCUT2D eigenvalue weighted by Crippen LogP contribution is 2.30. The minimum absolute atomic E-state index is 0.0591. The molecule has 0 bridgehead atoms. The highest BCUT2D eigenvalue weighted by atomic mass is 32.2. The maximum atomic E-state index is 9.05. The summed E-state index contributed by atoms with van der Waals surface area (Å²) >= 11 is 1.42. The van der Waals surface area contributed by atoms with Gasteiger partial charge in [-0.2, -0.15) is 5.26 Å². The molecule has 0 aliphatic heterocycles. The summed E-state index contributed by atoms with van der Waals surface area (Å²) in [6.07, 6.45) is 1.36. The van der Waals surface area contributed by atoms with Crippen LogP contribution in [0.1, 0.15) is 19.5 Å². The van der Waals surface area contributed by atoms with Crippen molar-refractivity contribution in [1.29, 1.82) is 5.26 Å². The van der Waals surface area contributed by atoms with Crippen LogP contribution in [0.15, 0.2) is 17.4 Å². The number of hydrogen-bond acceptors (Lipinski definition) is 5. The first-order chi connectivity index (χ1) is 6.57. The van der Waals surface area contributed by atoms with Crippen LogP contribution in [0.4, 0.5) is 0 Å². The van der Waals surface area contributed by atoms with Crippen molar-refractivity contribution in [2.24, 2.45) is 0 Å². The second-order valence-corrected chi connectivity index (χ2v) is 5.10. The number of aliphatic hydroxyl groups is 1. The summed E-state index contributed by atoms with van der Waals surface area (Å²) in [5, 5.41) is 18.4. The number of thioether (sulfide) groups is 1. The van der Waals surface area contributed by atoms with Gasteiger partial charge in [0.05, 0.1) is 6.61 Å². The Morgan fingerprint density at radius 3 is 2.86 bits per heavy atom. The Morgan fingerprint density at radius 1 is 1.57 bits per heavy atom. The lowest BCUT2D eigenvalue weighted by atomic mass is 10.2.